The first kappa shape index (κ1) is 17.7. The first-order valence-corrected chi connectivity index (χ1v) is 10.0. The molecule has 136 valence electrons. The van der Waals surface area contributed by atoms with E-state index in [9.17, 15) is 9.59 Å². The van der Waals surface area contributed by atoms with Crippen molar-refractivity contribution in [3.05, 3.63) is 54.1 Å². The number of Topliss-reactive ketones (excluding diaryl/α,β-unsaturated/α-hetero) is 1. The molecule has 8 heteroatoms. The van der Waals surface area contributed by atoms with E-state index >= 15 is 0 Å². The van der Waals surface area contributed by atoms with Crippen LogP contribution in [-0.4, -0.2) is 31.5 Å². The molecule has 0 bridgehead atoms. The van der Waals surface area contributed by atoms with Crippen LogP contribution in [0.4, 0.5) is 5.69 Å². The number of nitrogens with zero attached hydrogens (tertiary/aromatic N) is 3. The lowest BCUT2D eigenvalue weighted by molar-refractivity contribution is -0.115. The van der Waals surface area contributed by atoms with Crippen LogP contribution in [0.15, 0.2) is 53.7 Å². The second-order valence-corrected chi connectivity index (χ2v) is 8.34. The van der Waals surface area contributed by atoms with E-state index in [2.05, 4.69) is 15.5 Å². The number of nitrogens with one attached hydrogen (secondary N) is 1. The zero-order valence-electron chi connectivity index (χ0n) is 14.7. The van der Waals surface area contributed by atoms with E-state index in [0.717, 1.165) is 15.2 Å². The standard InChI is InChI=1S/C19H16N4O2S2/c1-11(24)13-7-3-4-8-14(13)20-17(25)12(2)26-18-21-22-19-23(18)15-9-5-6-10-16(15)27-19/h3-10,12H,1-2H3,(H,20,25)/t12-/m0/s1. The molecule has 0 saturated heterocycles. The lowest BCUT2D eigenvalue weighted by Crippen LogP contribution is -2.23. The second-order valence-electron chi connectivity index (χ2n) is 6.02. The first-order chi connectivity index (χ1) is 13.0. The van der Waals surface area contributed by atoms with Crippen LogP contribution >= 0.6 is 23.1 Å². The maximum Gasteiger partial charge on any atom is 0.237 e. The average molecular weight is 396 g/mol. The molecule has 6 nitrogen and oxygen atoms in total. The Morgan fingerprint density at radius 3 is 2.67 bits per heavy atom. The van der Waals surface area contributed by atoms with Gasteiger partial charge in [-0.2, -0.15) is 0 Å². The van der Waals surface area contributed by atoms with Crippen molar-refractivity contribution in [3.63, 3.8) is 0 Å². The number of aromatic nitrogens is 3. The van der Waals surface area contributed by atoms with Gasteiger partial charge in [-0.25, -0.2) is 0 Å². The summed E-state index contributed by atoms with van der Waals surface area (Å²) in [7, 11) is 0. The molecule has 0 radical (unpaired) electrons. The molecule has 1 amide bonds. The van der Waals surface area contributed by atoms with E-state index in [-0.39, 0.29) is 11.7 Å². The minimum atomic E-state index is -0.406. The van der Waals surface area contributed by atoms with Gasteiger partial charge >= 0.3 is 0 Å². The van der Waals surface area contributed by atoms with Crippen LogP contribution in [0.3, 0.4) is 0 Å². The number of hydrogen-bond acceptors (Lipinski definition) is 6. The van der Waals surface area contributed by atoms with Crippen molar-refractivity contribution in [2.45, 2.75) is 24.3 Å². The Labute approximate surface area is 163 Å². The number of thioether (sulfide) groups is 1. The van der Waals surface area contributed by atoms with Crippen molar-refractivity contribution in [3.8, 4) is 0 Å². The van der Waals surface area contributed by atoms with Crippen LogP contribution in [0.5, 0.6) is 0 Å². The number of thiazole rings is 1. The summed E-state index contributed by atoms with van der Waals surface area (Å²) < 4.78 is 3.09. The highest BCUT2D eigenvalue weighted by Gasteiger charge is 2.21. The van der Waals surface area contributed by atoms with Gasteiger partial charge < -0.3 is 5.32 Å². The third kappa shape index (κ3) is 3.33. The van der Waals surface area contributed by atoms with Crippen LogP contribution in [0, 0.1) is 0 Å². The molecule has 2 aromatic carbocycles. The molecule has 0 aliphatic carbocycles. The average Bonchev–Trinajstić information content (AvgIpc) is 3.21. The zero-order valence-corrected chi connectivity index (χ0v) is 16.3. The molecule has 1 N–H and O–H groups in total. The highest BCUT2D eigenvalue weighted by atomic mass is 32.2. The lowest BCUT2D eigenvalue weighted by atomic mass is 10.1. The smallest absolute Gasteiger partial charge is 0.237 e. The molecular weight excluding hydrogens is 380 g/mol. The number of carbonyl (C=O) groups excluding carboxylic acids is 2. The van der Waals surface area contributed by atoms with Crippen molar-refractivity contribution < 1.29 is 9.59 Å². The highest BCUT2D eigenvalue weighted by Crippen LogP contribution is 2.31. The maximum absolute atomic E-state index is 12.7. The Hall–Kier alpha value is -2.71. The fraction of sp³-hybridized carbons (Fsp3) is 0.158. The van der Waals surface area contributed by atoms with Gasteiger partial charge in [0.1, 0.15) is 0 Å². The molecule has 4 rings (SSSR count). The number of amides is 1. The molecule has 0 unspecified atom stereocenters. The lowest BCUT2D eigenvalue weighted by Gasteiger charge is -2.13. The summed E-state index contributed by atoms with van der Waals surface area (Å²) >= 11 is 2.90. The largest absolute Gasteiger partial charge is 0.324 e. The molecule has 0 saturated carbocycles. The third-order valence-electron chi connectivity index (χ3n) is 4.13. The molecule has 4 aromatic rings. The van der Waals surface area contributed by atoms with E-state index in [1.807, 2.05) is 35.6 Å². The van der Waals surface area contributed by atoms with Gasteiger partial charge in [0.15, 0.2) is 10.9 Å². The fourth-order valence-corrected chi connectivity index (χ4v) is 4.66. The first-order valence-electron chi connectivity index (χ1n) is 8.35. The quantitative estimate of drug-likeness (QED) is 0.403. The normalized spacial score (nSPS) is 12.4. The van der Waals surface area contributed by atoms with E-state index < -0.39 is 5.25 Å². The fourth-order valence-electron chi connectivity index (χ4n) is 2.78. The van der Waals surface area contributed by atoms with Gasteiger partial charge in [-0.05, 0) is 38.1 Å². The van der Waals surface area contributed by atoms with Gasteiger partial charge in [0.05, 0.1) is 21.2 Å². The number of hydrogen-bond donors (Lipinski definition) is 1. The van der Waals surface area contributed by atoms with Crippen LogP contribution in [0.25, 0.3) is 15.2 Å². The van der Waals surface area contributed by atoms with Crippen molar-refractivity contribution in [2.24, 2.45) is 0 Å². The summed E-state index contributed by atoms with van der Waals surface area (Å²) in [6, 6.07) is 15.0. The Morgan fingerprint density at radius 1 is 1.11 bits per heavy atom. The van der Waals surface area contributed by atoms with Crippen LogP contribution < -0.4 is 5.32 Å². The van der Waals surface area contributed by atoms with Crippen molar-refractivity contribution in [1.29, 1.82) is 0 Å². The van der Waals surface area contributed by atoms with Gasteiger partial charge in [-0.1, -0.05) is 47.4 Å². The molecule has 0 aliphatic rings. The van der Waals surface area contributed by atoms with Gasteiger partial charge in [-0.15, -0.1) is 10.2 Å². The minimum absolute atomic E-state index is 0.0879. The number of benzene rings is 2. The number of rotatable bonds is 5. The highest BCUT2D eigenvalue weighted by molar-refractivity contribution is 8.00. The van der Waals surface area contributed by atoms with Crippen LogP contribution in [-0.2, 0) is 4.79 Å². The van der Waals surface area contributed by atoms with Crippen molar-refractivity contribution in [2.75, 3.05) is 5.32 Å². The number of para-hydroxylation sites is 2. The summed E-state index contributed by atoms with van der Waals surface area (Å²) in [5.74, 6) is -0.278. The van der Waals surface area contributed by atoms with Crippen LogP contribution in [0.1, 0.15) is 24.2 Å². The second kappa shape index (κ2) is 7.13. The molecule has 2 heterocycles. The predicted octanol–water partition coefficient (Wildman–Crippen LogP) is 4.27. The zero-order chi connectivity index (χ0) is 19.0. The van der Waals surface area contributed by atoms with Gasteiger partial charge in [-0.3, -0.25) is 14.0 Å². The van der Waals surface area contributed by atoms with E-state index in [0.29, 0.717) is 16.4 Å². The van der Waals surface area contributed by atoms with Gasteiger partial charge in [0.2, 0.25) is 10.9 Å². The molecule has 2 aromatic heterocycles. The van der Waals surface area contributed by atoms with E-state index in [1.165, 1.54) is 18.7 Å². The predicted molar refractivity (Wildman–Crippen MR) is 109 cm³/mol. The number of fused-ring (bicyclic) bond motifs is 3. The molecule has 0 aliphatic heterocycles. The van der Waals surface area contributed by atoms with Crippen molar-refractivity contribution >= 4 is 55.7 Å². The number of anilines is 1. The molecule has 1 atom stereocenters. The van der Waals surface area contributed by atoms with Crippen molar-refractivity contribution in [1.82, 2.24) is 14.6 Å². The molecule has 0 spiro atoms. The molecule has 27 heavy (non-hydrogen) atoms. The maximum atomic E-state index is 12.7. The van der Waals surface area contributed by atoms with E-state index in [1.54, 1.807) is 35.6 Å². The number of ketones is 1. The Morgan fingerprint density at radius 2 is 1.85 bits per heavy atom. The van der Waals surface area contributed by atoms with Gasteiger partial charge in [0.25, 0.3) is 0 Å². The van der Waals surface area contributed by atoms with Gasteiger partial charge in [0, 0.05) is 5.56 Å². The Balaban J connectivity index is 1.57. The minimum Gasteiger partial charge on any atom is -0.324 e. The van der Waals surface area contributed by atoms with Crippen LogP contribution in [0.2, 0.25) is 0 Å². The Bertz CT molecular complexity index is 1160. The summed E-state index contributed by atoms with van der Waals surface area (Å²) in [4.78, 5) is 25.2. The summed E-state index contributed by atoms with van der Waals surface area (Å²) in [5, 5.41) is 11.6. The van der Waals surface area contributed by atoms with E-state index in [4.69, 9.17) is 0 Å². The third-order valence-corrected chi connectivity index (χ3v) is 6.18. The monoisotopic (exact) mass is 396 g/mol. The summed E-state index contributed by atoms with van der Waals surface area (Å²) in [6.07, 6.45) is 0. The Kier molecular flexibility index (Phi) is 4.67. The molecule has 0 fully saturated rings. The summed E-state index contributed by atoms with van der Waals surface area (Å²) in [5.41, 5.74) is 2.05. The SMILES string of the molecule is CC(=O)c1ccccc1NC(=O)[C@H](C)Sc1nnc2sc3ccccc3n12. The topological polar surface area (TPSA) is 76.4 Å². The summed E-state index contributed by atoms with van der Waals surface area (Å²) in [6.45, 7) is 3.30. The number of carbonyl (C=O) groups is 2. The molecular formula is C19H16N4O2S2.